The van der Waals surface area contributed by atoms with E-state index >= 15 is 0 Å². The van der Waals surface area contributed by atoms with Crippen molar-refractivity contribution in [3.05, 3.63) is 24.3 Å². The quantitative estimate of drug-likeness (QED) is 0.830. The molecule has 0 spiro atoms. The molecule has 0 fully saturated rings. The lowest BCUT2D eigenvalue weighted by Gasteiger charge is -2.13. The van der Waals surface area contributed by atoms with Crippen LogP contribution in [0.5, 0.6) is 0 Å². The van der Waals surface area contributed by atoms with E-state index in [1.807, 2.05) is 24.3 Å². The molecule has 0 saturated heterocycles. The van der Waals surface area contributed by atoms with Gasteiger partial charge in [-0.15, -0.1) is 24.2 Å². The van der Waals surface area contributed by atoms with E-state index < -0.39 is 6.04 Å². The molecule has 3 N–H and O–H groups in total. The van der Waals surface area contributed by atoms with Crippen LogP contribution in [-0.4, -0.2) is 17.2 Å². The van der Waals surface area contributed by atoms with E-state index in [-0.39, 0.29) is 18.3 Å². The molecular weight excluding hydrogens is 256 g/mol. The standard InChI is InChI=1S/C12H18N2OS.ClH/c1-8(2)16-11-7-5-4-6-10(11)14-12(15)9(3)13;/h4-9H,13H2,1-3H3,(H,14,15);1H/t9-;/m0./s1. The molecule has 1 aromatic rings. The first-order valence-electron chi connectivity index (χ1n) is 5.33. The van der Waals surface area contributed by atoms with Gasteiger partial charge >= 0.3 is 0 Å². The molecule has 0 aliphatic rings. The topological polar surface area (TPSA) is 55.1 Å². The zero-order valence-corrected chi connectivity index (χ0v) is 11.9. The average molecular weight is 275 g/mol. The lowest BCUT2D eigenvalue weighted by molar-refractivity contribution is -0.117. The Hall–Kier alpha value is -0.710. The Bertz CT molecular complexity index is 369. The molecule has 1 aromatic carbocycles. The number of rotatable bonds is 4. The number of nitrogens with two attached hydrogens (primary N) is 1. The number of carbonyl (C=O) groups is 1. The summed E-state index contributed by atoms with van der Waals surface area (Å²) in [5.41, 5.74) is 6.35. The fourth-order valence-electron chi connectivity index (χ4n) is 1.17. The van der Waals surface area contributed by atoms with Gasteiger partial charge in [0.25, 0.3) is 0 Å². The Kier molecular flexibility index (Phi) is 7.27. The van der Waals surface area contributed by atoms with Crippen molar-refractivity contribution < 1.29 is 4.79 Å². The molecule has 0 heterocycles. The van der Waals surface area contributed by atoms with Gasteiger partial charge in [0.1, 0.15) is 0 Å². The van der Waals surface area contributed by atoms with Crippen molar-refractivity contribution in [1.29, 1.82) is 0 Å². The van der Waals surface area contributed by atoms with E-state index in [0.29, 0.717) is 5.25 Å². The van der Waals surface area contributed by atoms with Gasteiger partial charge in [-0.1, -0.05) is 26.0 Å². The predicted octanol–water partition coefficient (Wildman–Crippen LogP) is 2.89. The van der Waals surface area contributed by atoms with Gasteiger partial charge in [-0.3, -0.25) is 4.79 Å². The minimum atomic E-state index is -0.489. The maximum Gasteiger partial charge on any atom is 0.241 e. The number of para-hydroxylation sites is 1. The number of nitrogens with one attached hydrogen (secondary N) is 1. The highest BCUT2D eigenvalue weighted by Crippen LogP contribution is 2.30. The van der Waals surface area contributed by atoms with Crippen molar-refractivity contribution in [2.24, 2.45) is 5.73 Å². The largest absolute Gasteiger partial charge is 0.324 e. The van der Waals surface area contributed by atoms with E-state index in [2.05, 4.69) is 19.2 Å². The molecule has 17 heavy (non-hydrogen) atoms. The Labute approximate surface area is 113 Å². The van der Waals surface area contributed by atoms with Gasteiger partial charge in [0, 0.05) is 10.1 Å². The van der Waals surface area contributed by atoms with Crippen molar-refractivity contribution in [3.63, 3.8) is 0 Å². The average Bonchev–Trinajstić information content (AvgIpc) is 2.20. The molecule has 3 nitrogen and oxygen atoms in total. The van der Waals surface area contributed by atoms with Crippen LogP contribution in [0.4, 0.5) is 5.69 Å². The smallest absolute Gasteiger partial charge is 0.241 e. The monoisotopic (exact) mass is 274 g/mol. The maximum absolute atomic E-state index is 11.5. The SMILES string of the molecule is CC(C)Sc1ccccc1NC(=O)[C@H](C)N.Cl. The minimum Gasteiger partial charge on any atom is -0.324 e. The summed E-state index contributed by atoms with van der Waals surface area (Å²) in [5, 5.41) is 3.31. The van der Waals surface area contributed by atoms with Gasteiger partial charge < -0.3 is 11.1 Å². The summed E-state index contributed by atoms with van der Waals surface area (Å²) in [4.78, 5) is 12.6. The predicted molar refractivity (Wildman–Crippen MR) is 77.0 cm³/mol. The van der Waals surface area contributed by atoms with Gasteiger partial charge in [0.05, 0.1) is 11.7 Å². The van der Waals surface area contributed by atoms with Gasteiger partial charge in [-0.25, -0.2) is 0 Å². The summed E-state index contributed by atoms with van der Waals surface area (Å²) >= 11 is 1.72. The van der Waals surface area contributed by atoms with Crippen LogP contribution in [0.25, 0.3) is 0 Å². The molecule has 0 aliphatic carbocycles. The van der Waals surface area contributed by atoms with Crippen LogP contribution in [0.2, 0.25) is 0 Å². The number of halogens is 1. The van der Waals surface area contributed by atoms with Gasteiger partial charge in [-0.2, -0.15) is 0 Å². The number of carbonyl (C=O) groups excluding carboxylic acids is 1. The molecule has 1 rings (SSSR count). The summed E-state index contributed by atoms with van der Waals surface area (Å²) < 4.78 is 0. The van der Waals surface area contributed by atoms with Crippen LogP contribution in [0, 0.1) is 0 Å². The lowest BCUT2D eigenvalue weighted by Crippen LogP contribution is -2.32. The van der Waals surface area contributed by atoms with Crippen molar-refractivity contribution in [1.82, 2.24) is 0 Å². The van der Waals surface area contributed by atoms with Crippen molar-refractivity contribution in [3.8, 4) is 0 Å². The number of hydrogen-bond acceptors (Lipinski definition) is 3. The second kappa shape index (κ2) is 7.58. The van der Waals surface area contributed by atoms with Crippen LogP contribution in [0.3, 0.4) is 0 Å². The highest BCUT2D eigenvalue weighted by atomic mass is 35.5. The molecule has 0 unspecified atom stereocenters. The number of thioether (sulfide) groups is 1. The summed E-state index contributed by atoms with van der Waals surface area (Å²) in [6.45, 7) is 5.91. The van der Waals surface area contributed by atoms with Gasteiger partial charge in [-0.05, 0) is 19.1 Å². The minimum absolute atomic E-state index is 0. The zero-order valence-electron chi connectivity index (χ0n) is 10.3. The molecule has 5 heteroatoms. The molecule has 0 aliphatic heterocycles. The molecule has 0 bridgehead atoms. The molecule has 0 radical (unpaired) electrons. The van der Waals surface area contributed by atoms with Gasteiger partial charge in [0.2, 0.25) is 5.91 Å². The zero-order chi connectivity index (χ0) is 12.1. The highest BCUT2D eigenvalue weighted by molar-refractivity contribution is 8.00. The van der Waals surface area contributed by atoms with E-state index in [1.54, 1.807) is 18.7 Å². The molecule has 96 valence electrons. The maximum atomic E-state index is 11.5. The third kappa shape index (κ3) is 5.44. The summed E-state index contributed by atoms with van der Waals surface area (Å²) in [6, 6.07) is 7.27. The Balaban J connectivity index is 0.00000256. The second-order valence-corrected chi connectivity index (χ2v) is 5.56. The number of hydrogen-bond donors (Lipinski definition) is 2. The molecule has 1 amide bonds. The van der Waals surface area contributed by atoms with Crippen LogP contribution in [-0.2, 0) is 4.79 Å². The Morgan fingerprint density at radius 1 is 1.29 bits per heavy atom. The van der Waals surface area contributed by atoms with E-state index in [4.69, 9.17) is 5.73 Å². The summed E-state index contributed by atoms with van der Waals surface area (Å²) in [7, 11) is 0. The van der Waals surface area contributed by atoms with Crippen molar-refractivity contribution in [2.75, 3.05) is 5.32 Å². The number of benzene rings is 1. The van der Waals surface area contributed by atoms with E-state index in [9.17, 15) is 4.79 Å². The van der Waals surface area contributed by atoms with Crippen LogP contribution in [0.15, 0.2) is 29.2 Å². The number of amides is 1. The first-order chi connectivity index (χ1) is 7.50. The molecule has 1 atom stereocenters. The van der Waals surface area contributed by atoms with E-state index in [0.717, 1.165) is 10.6 Å². The second-order valence-electron chi connectivity index (χ2n) is 3.94. The highest BCUT2D eigenvalue weighted by Gasteiger charge is 2.10. The van der Waals surface area contributed by atoms with E-state index in [1.165, 1.54) is 0 Å². The van der Waals surface area contributed by atoms with Crippen LogP contribution >= 0.6 is 24.2 Å². The Morgan fingerprint density at radius 3 is 2.41 bits per heavy atom. The van der Waals surface area contributed by atoms with Crippen LogP contribution < -0.4 is 11.1 Å². The number of anilines is 1. The summed E-state index contributed by atoms with van der Waals surface area (Å²) in [5.74, 6) is -0.156. The first-order valence-corrected chi connectivity index (χ1v) is 6.21. The van der Waals surface area contributed by atoms with Gasteiger partial charge in [0.15, 0.2) is 0 Å². The van der Waals surface area contributed by atoms with Crippen molar-refractivity contribution in [2.45, 2.75) is 37.0 Å². The third-order valence-corrected chi connectivity index (χ3v) is 3.00. The molecule has 0 saturated carbocycles. The third-order valence-electron chi connectivity index (χ3n) is 1.92. The van der Waals surface area contributed by atoms with Crippen molar-refractivity contribution >= 4 is 35.8 Å². The fraction of sp³-hybridized carbons (Fsp3) is 0.417. The normalized spacial score (nSPS) is 11.8. The van der Waals surface area contributed by atoms with Crippen LogP contribution in [0.1, 0.15) is 20.8 Å². The Morgan fingerprint density at radius 2 is 1.88 bits per heavy atom. The lowest BCUT2D eigenvalue weighted by atomic mass is 10.3. The fourth-order valence-corrected chi connectivity index (χ4v) is 2.08. The summed E-state index contributed by atoms with van der Waals surface area (Å²) in [6.07, 6.45) is 0. The molecule has 0 aromatic heterocycles. The molecular formula is C12H19ClN2OS. The first kappa shape index (κ1) is 16.3.